The first-order chi connectivity index (χ1) is 8.10. The molecule has 0 aliphatic rings. The molecule has 6 heteroatoms. The molecule has 0 atom stereocenters. The first kappa shape index (κ1) is 13.5. The number of nitriles is 1. The van der Waals surface area contributed by atoms with E-state index in [1.54, 1.807) is 0 Å². The molecule has 0 radical (unpaired) electrons. The molecule has 1 rings (SSSR count). The molecule has 0 unspecified atom stereocenters. The van der Waals surface area contributed by atoms with Crippen LogP contribution in [0.4, 0.5) is 0 Å². The number of aromatic nitrogens is 1. The summed E-state index contributed by atoms with van der Waals surface area (Å²) in [7, 11) is 1.90. The fraction of sp³-hybridized carbons (Fsp3) is 0.545. The van der Waals surface area contributed by atoms with Crippen molar-refractivity contribution in [2.75, 3.05) is 6.54 Å². The van der Waals surface area contributed by atoms with Gasteiger partial charge in [-0.2, -0.15) is 10.3 Å². The van der Waals surface area contributed by atoms with E-state index in [1.807, 2.05) is 30.1 Å². The SMILES string of the molecule is CCCCN(C#N)C(=N)/N=c1/scc(C)n1C. The highest BCUT2D eigenvalue weighted by Gasteiger charge is 2.07. The van der Waals surface area contributed by atoms with Crippen LogP contribution in [0.15, 0.2) is 10.4 Å². The molecule has 5 nitrogen and oxygen atoms in total. The van der Waals surface area contributed by atoms with Gasteiger partial charge in [0.1, 0.15) is 0 Å². The summed E-state index contributed by atoms with van der Waals surface area (Å²) in [4.78, 5) is 6.23. The predicted octanol–water partition coefficient (Wildman–Crippen LogP) is 1.81. The van der Waals surface area contributed by atoms with Gasteiger partial charge in [0, 0.05) is 24.7 Å². The molecule has 0 aliphatic carbocycles. The summed E-state index contributed by atoms with van der Waals surface area (Å²) < 4.78 is 1.91. The van der Waals surface area contributed by atoms with Gasteiger partial charge in [0.2, 0.25) is 5.96 Å². The van der Waals surface area contributed by atoms with Crippen LogP contribution in [0.5, 0.6) is 0 Å². The normalized spacial score (nSPS) is 11.3. The Morgan fingerprint density at radius 1 is 1.71 bits per heavy atom. The van der Waals surface area contributed by atoms with Gasteiger partial charge in [-0.25, -0.2) is 4.90 Å². The second-order valence-electron chi connectivity index (χ2n) is 3.76. The Bertz CT molecular complexity index is 491. The van der Waals surface area contributed by atoms with Crippen molar-refractivity contribution < 1.29 is 0 Å². The summed E-state index contributed by atoms with van der Waals surface area (Å²) in [6.45, 7) is 4.60. The molecular weight excluding hydrogens is 234 g/mol. The van der Waals surface area contributed by atoms with Gasteiger partial charge in [0.05, 0.1) is 0 Å². The summed E-state index contributed by atoms with van der Waals surface area (Å²) in [5.74, 6) is 0.0124. The maximum absolute atomic E-state index is 8.95. The van der Waals surface area contributed by atoms with E-state index >= 15 is 0 Å². The fourth-order valence-electron chi connectivity index (χ4n) is 1.22. The number of hydrogen-bond acceptors (Lipinski definition) is 3. The smallest absolute Gasteiger partial charge is 0.233 e. The van der Waals surface area contributed by atoms with E-state index in [4.69, 9.17) is 10.7 Å². The van der Waals surface area contributed by atoms with Crippen molar-refractivity contribution in [2.45, 2.75) is 26.7 Å². The third-order valence-corrected chi connectivity index (χ3v) is 3.50. The summed E-state index contributed by atoms with van der Waals surface area (Å²) in [6, 6.07) is 0. The highest BCUT2D eigenvalue weighted by molar-refractivity contribution is 7.07. The number of thiazole rings is 1. The molecule has 1 aromatic rings. The third kappa shape index (κ3) is 3.43. The largest absolute Gasteiger partial charge is 0.324 e. The van der Waals surface area contributed by atoms with E-state index in [0.29, 0.717) is 6.54 Å². The highest BCUT2D eigenvalue weighted by atomic mass is 32.1. The summed E-state index contributed by atoms with van der Waals surface area (Å²) in [5.41, 5.74) is 1.10. The molecule has 1 heterocycles. The first-order valence-electron chi connectivity index (χ1n) is 5.51. The van der Waals surface area contributed by atoms with Crippen LogP contribution >= 0.6 is 11.3 Å². The van der Waals surface area contributed by atoms with Gasteiger partial charge in [-0.15, -0.1) is 11.3 Å². The quantitative estimate of drug-likeness (QED) is 0.385. The number of rotatable bonds is 3. The van der Waals surface area contributed by atoms with Crippen LogP contribution in [0.3, 0.4) is 0 Å². The first-order valence-corrected chi connectivity index (χ1v) is 6.39. The molecule has 1 aromatic heterocycles. The van der Waals surface area contributed by atoms with Crippen LogP contribution in [-0.4, -0.2) is 22.0 Å². The van der Waals surface area contributed by atoms with Gasteiger partial charge in [-0.05, 0) is 13.3 Å². The van der Waals surface area contributed by atoms with Crippen molar-refractivity contribution in [1.29, 1.82) is 10.7 Å². The summed E-state index contributed by atoms with van der Waals surface area (Å²) in [6.07, 6.45) is 3.88. The van der Waals surface area contributed by atoms with Gasteiger partial charge in [0.25, 0.3) is 0 Å². The molecule has 0 aromatic carbocycles. The monoisotopic (exact) mass is 251 g/mol. The van der Waals surface area contributed by atoms with Crippen LogP contribution in [0.1, 0.15) is 25.5 Å². The summed E-state index contributed by atoms with van der Waals surface area (Å²) in [5, 5.41) is 18.7. The minimum Gasteiger partial charge on any atom is -0.324 e. The minimum absolute atomic E-state index is 0.0124. The van der Waals surface area contributed by atoms with Crippen molar-refractivity contribution in [3.63, 3.8) is 0 Å². The highest BCUT2D eigenvalue weighted by Crippen LogP contribution is 1.99. The van der Waals surface area contributed by atoms with Crippen molar-refractivity contribution in [1.82, 2.24) is 9.47 Å². The van der Waals surface area contributed by atoms with Crippen LogP contribution in [0.2, 0.25) is 0 Å². The number of guanidine groups is 1. The molecule has 0 amide bonds. The lowest BCUT2D eigenvalue weighted by Gasteiger charge is -2.11. The predicted molar refractivity (Wildman–Crippen MR) is 68.5 cm³/mol. The molecule has 0 bridgehead atoms. The van der Waals surface area contributed by atoms with Gasteiger partial charge >= 0.3 is 0 Å². The Balaban J connectivity index is 2.87. The van der Waals surface area contributed by atoms with E-state index < -0.39 is 0 Å². The average Bonchev–Trinajstić information content (AvgIpc) is 2.62. The van der Waals surface area contributed by atoms with Gasteiger partial charge in [-0.3, -0.25) is 5.41 Å². The Hall–Kier alpha value is -1.61. The second kappa shape index (κ2) is 6.21. The summed E-state index contributed by atoms with van der Waals surface area (Å²) >= 11 is 1.48. The van der Waals surface area contributed by atoms with E-state index in [-0.39, 0.29) is 5.96 Å². The van der Waals surface area contributed by atoms with Crippen LogP contribution in [0, 0.1) is 23.8 Å². The number of nitrogens with one attached hydrogen (secondary N) is 1. The molecule has 0 saturated carbocycles. The second-order valence-corrected chi connectivity index (χ2v) is 4.60. The molecule has 1 N–H and O–H groups in total. The van der Waals surface area contributed by atoms with E-state index in [1.165, 1.54) is 16.2 Å². The van der Waals surface area contributed by atoms with Crippen molar-refractivity contribution >= 4 is 17.3 Å². The maximum Gasteiger partial charge on any atom is 0.233 e. The van der Waals surface area contributed by atoms with E-state index in [9.17, 15) is 0 Å². The van der Waals surface area contributed by atoms with Crippen molar-refractivity contribution in [3.8, 4) is 6.19 Å². The zero-order valence-electron chi connectivity index (χ0n) is 10.4. The molecule has 0 aliphatic heterocycles. The van der Waals surface area contributed by atoms with Gasteiger partial charge in [-0.1, -0.05) is 13.3 Å². The Morgan fingerprint density at radius 3 is 2.88 bits per heavy atom. The average molecular weight is 251 g/mol. The molecule has 0 saturated heterocycles. The van der Waals surface area contributed by atoms with Crippen molar-refractivity contribution in [2.24, 2.45) is 12.0 Å². The van der Waals surface area contributed by atoms with E-state index in [0.717, 1.165) is 23.3 Å². The van der Waals surface area contributed by atoms with E-state index in [2.05, 4.69) is 11.9 Å². The number of nitrogens with zero attached hydrogens (tertiary/aromatic N) is 4. The zero-order valence-corrected chi connectivity index (χ0v) is 11.2. The van der Waals surface area contributed by atoms with Gasteiger partial charge < -0.3 is 4.57 Å². The third-order valence-electron chi connectivity index (χ3n) is 2.46. The molecule has 92 valence electrons. The number of aryl methyl sites for hydroxylation is 1. The maximum atomic E-state index is 8.95. The lowest BCUT2D eigenvalue weighted by molar-refractivity contribution is 0.533. The van der Waals surface area contributed by atoms with Crippen LogP contribution in [0.25, 0.3) is 0 Å². The molecule has 0 fully saturated rings. The Morgan fingerprint density at radius 2 is 2.41 bits per heavy atom. The fourth-order valence-corrected chi connectivity index (χ4v) is 2.09. The topological polar surface area (TPSA) is 68.2 Å². The zero-order chi connectivity index (χ0) is 12.8. The van der Waals surface area contributed by atoms with Crippen molar-refractivity contribution in [3.05, 3.63) is 15.9 Å². The number of unbranched alkanes of at least 4 members (excludes halogenated alkanes) is 1. The molecular formula is C11H17N5S. The standard InChI is InChI=1S/C11H17N5S/c1-4-5-6-16(8-12)10(13)14-11-15(3)9(2)7-17-11/h7,13H,4-6H2,1-3H3/b13-10?,14-11+. The van der Waals surface area contributed by atoms with Crippen LogP contribution in [-0.2, 0) is 7.05 Å². The molecule has 17 heavy (non-hydrogen) atoms. The molecule has 0 spiro atoms. The lowest BCUT2D eigenvalue weighted by Crippen LogP contribution is -2.27. The Labute approximate surface area is 105 Å². The number of hydrogen-bond donors (Lipinski definition) is 1. The lowest BCUT2D eigenvalue weighted by atomic mass is 10.3. The van der Waals surface area contributed by atoms with Gasteiger partial charge in [0.15, 0.2) is 11.0 Å². The Kier molecular flexibility index (Phi) is 4.91. The minimum atomic E-state index is 0.0124. The van der Waals surface area contributed by atoms with Crippen LogP contribution < -0.4 is 4.80 Å².